The monoisotopic (exact) mass is 263 g/mol. The topological polar surface area (TPSA) is 29.1 Å². The molecule has 0 aromatic heterocycles. The third-order valence-corrected chi connectivity index (χ3v) is 4.74. The highest BCUT2D eigenvalue weighted by Crippen LogP contribution is 2.40. The fourth-order valence-electron chi connectivity index (χ4n) is 3.12. The molecule has 1 saturated carbocycles. The molecule has 1 fully saturated rings. The number of fused-ring (bicyclic) bond motifs is 1. The van der Waals surface area contributed by atoms with E-state index >= 15 is 0 Å². The smallest absolute Gasteiger partial charge is 0.228 e. The molecule has 0 bridgehead atoms. The zero-order valence-corrected chi connectivity index (χ0v) is 11.2. The number of alkyl halides is 1. The van der Waals surface area contributed by atoms with Crippen molar-refractivity contribution in [2.24, 2.45) is 5.92 Å². The van der Waals surface area contributed by atoms with Crippen molar-refractivity contribution < 1.29 is 4.79 Å². The van der Waals surface area contributed by atoms with Crippen LogP contribution in [0.1, 0.15) is 48.6 Å². The Bertz CT molecular complexity index is 466. The lowest BCUT2D eigenvalue weighted by molar-refractivity contribution is -0.115. The van der Waals surface area contributed by atoms with Crippen LogP contribution >= 0.6 is 11.6 Å². The van der Waals surface area contributed by atoms with Crippen LogP contribution in [-0.2, 0) is 11.2 Å². The van der Waals surface area contributed by atoms with Crippen molar-refractivity contribution in [3.63, 3.8) is 0 Å². The lowest BCUT2D eigenvalue weighted by Gasteiger charge is -2.26. The van der Waals surface area contributed by atoms with Crippen LogP contribution in [0.4, 0.5) is 5.69 Å². The second kappa shape index (κ2) is 4.93. The summed E-state index contributed by atoms with van der Waals surface area (Å²) in [6, 6.07) is 6.17. The van der Waals surface area contributed by atoms with E-state index in [4.69, 9.17) is 11.6 Å². The molecule has 18 heavy (non-hydrogen) atoms. The Morgan fingerprint density at radius 3 is 2.78 bits per heavy atom. The number of nitrogens with one attached hydrogen (secondary N) is 1. The van der Waals surface area contributed by atoms with Crippen molar-refractivity contribution in [2.45, 2.75) is 43.9 Å². The molecule has 1 aromatic carbocycles. The summed E-state index contributed by atoms with van der Waals surface area (Å²) in [6.07, 6.45) is 6.93. The molecule has 96 valence electrons. The van der Waals surface area contributed by atoms with Gasteiger partial charge in [-0.2, -0.15) is 0 Å². The van der Waals surface area contributed by atoms with E-state index in [1.165, 1.54) is 37.7 Å². The van der Waals surface area contributed by atoms with Gasteiger partial charge in [-0.1, -0.05) is 31.4 Å². The van der Waals surface area contributed by atoms with Crippen LogP contribution in [0, 0.1) is 5.92 Å². The molecule has 3 rings (SSSR count). The van der Waals surface area contributed by atoms with Crippen molar-refractivity contribution >= 4 is 23.2 Å². The molecule has 1 aliphatic carbocycles. The second-order valence-corrected chi connectivity index (χ2v) is 5.91. The van der Waals surface area contributed by atoms with Gasteiger partial charge in [0.05, 0.1) is 11.8 Å². The Morgan fingerprint density at radius 1 is 1.22 bits per heavy atom. The third kappa shape index (κ3) is 2.26. The van der Waals surface area contributed by atoms with Crippen LogP contribution in [0.15, 0.2) is 18.2 Å². The number of anilines is 1. The average molecular weight is 264 g/mol. The van der Waals surface area contributed by atoms with Gasteiger partial charge in [0.2, 0.25) is 5.91 Å². The minimum Gasteiger partial charge on any atom is -0.326 e. The van der Waals surface area contributed by atoms with Crippen LogP contribution in [0.5, 0.6) is 0 Å². The highest BCUT2D eigenvalue weighted by atomic mass is 35.5. The second-order valence-electron chi connectivity index (χ2n) is 5.44. The molecule has 1 aliphatic heterocycles. The molecule has 1 aromatic rings. The van der Waals surface area contributed by atoms with Gasteiger partial charge < -0.3 is 5.32 Å². The van der Waals surface area contributed by atoms with E-state index in [2.05, 4.69) is 17.4 Å². The largest absolute Gasteiger partial charge is 0.326 e. The molecule has 1 N–H and O–H groups in total. The van der Waals surface area contributed by atoms with Gasteiger partial charge in [-0.3, -0.25) is 4.79 Å². The van der Waals surface area contributed by atoms with E-state index in [-0.39, 0.29) is 11.3 Å². The standard InChI is InChI=1S/C15H18ClNO/c16-15(10-4-2-1-3-5-10)11-6-7-13-12(8-11)9-14(18)17-13/h6-8,10,15H,1-5,9H2,(H,17,18). The van der Waals surface area contributed by atoms with Crippen molar-refractivity contribution in [3.05, 3.63) is 29.3 Å². The quantitative estimate of drug-likeness (QED) is 0.802. The van der Waals surface area contributed by atoms with E-state index in [1.54, 1.807) is 0 Å². The maximum Gasteiger partial charge on any atom is 0.228 e. The summed E-state index contributed by atoms with van der Waals surface area (Å²) in [5.41, 5.74) is 3.23. The van der Waals surface area contributed by atoms with E-state index in [0.29, 0.717) is 12.3 Å². The number of hydrogen-bond donors (Lipinski definition) is 1. The number of carbonyl (C=O) groups is 1. The van der Waals surface area contributed by atoms with E-state index in [1.807, 2.05) is 6.07 Å². The number of halogens is 1. The predicted molar refractivity (Wildman–Crippen MR) is 73.9 cm³/mol. The van der Waals surface area contributed by atoms with Crippen LogP contribution < -0.4 is 5.32 Å². The first-order valence-electron chi connectivity index (χ1n) is 6.81. The van der Waals surface area contributed by atoms with E-state index in [0.717, 1.165) is 11.3 Å². The first-order valence-corrected chi connectivity index (χ1v) is 7.24. The van der Waals surface area contributed by atoms with Gasteiger partial charge in [0.1, 0.15) is 0 Å². The molecular weight excluding hydrogens is 246 g/mol. The number of carbonyl (C=O) groups excluding carboxylic acids is 1. The minimum absolute atomic E-state index is 0.0888. The molecule has 1 atom stereocenters. The fraction of sp³-hybridized carbons (Fsp3) is 0.533. The zero-order valence-electron chi connectivity index (χ0n) is 10.4. The minimum atomic E-state index is 0.0888. The summed E-state index contributed by atoms with van der Waals surface area (Å²) in [5.74, 6) is 0.689. The van der Waals surface area contributed by atoms with Crippen LogP contribution in [0.2, 0.25) is 0 Å². The highest BCUT2D eigenvalue weighted by Gasteiger charge is 2.25. The molecule has 2 nitrogen and oxygen atoms in total. The Kier molecular flexibility index (Phi) is 3.29. The number of rotatable bonds is 2. The summed E-state index contributed by atoms with van der Waals surface area (Å²) >= 11 is 6.62. The third-order valence-electron chi connectivity index (χ3n) is 4.14. The predicted octanol–water partition coefficient (Wildman–Crippen LogP) is 4.04. The van der Waals surface area contributed by atoms with Gasteiger partial charge in [0.15, 0.2) is 0 Å². The van der Waals surface area contributed by atoms with Gasteiger partial charge in [-0.05, 0) is 36.0 Å². The highest BCUT2D eigenvalue weighted by molar-refractivity contribution is 6.21. The average Bonchev–Trinajstić information content (AvgIpc) is 2.78. The summed E-state index contributed by atoms with van der Waals surface area (Å²) in [7, 11) is 0. The Labute approximate surface area is 113 Å². The number of amides is 1. The van der Waals surface area contributed by atoms with Crippen LogP contribution in [0.3, 0.4) is 0 Å². The van der Waals surface area contributed by atoms with Crippen LogP contribution in [0.25, 0.3) is 0 Å². The van der Waals surface area contributed by atoms with Gasteiger partial charge in [-0.15, -0.1) is 11.6 Å². The maximum absolute atomic E-state index is 11.3. The van der Waals surface area contributed by atoms with E-state index in [9.17, 15) is 4.79 Å². The van der Waals surface area contributed by atoms with E-state index < -0.39 is 0 Å². The SMILES string of the molecule is O=C1Cc2cc(C(Cl)C3CCCCC3)ccc2N1. The zero-order chi connectivity index (χ0) is 12.5. The van der Waals surface area contributed by atoms with Crippen molar-refractivity contribution in [1.29, 1.82) is 0 Å². The van der Waals surface area contributed by atoms with Crippen molar-refractivity contribution in [1.82, 2.24) is 0 Å². The van der Waals surface area contributed by atoms with Crippen molar-refractivity contribution in [2.75, 3.05) is 5.32 Å². The molecular formula is C15H18ClNO. The lowest BCUT2D eigenvalue weighted by Crippen LogP contribution is -2.12. The first-order chi connectivity index (χ1) is 8.74. The number of hydrogen-bond acceptors (Lipinski definition) is 1. The Morgan fingerprint density at radius 2 is 2.00 bits per heavy atom. The van der Waals surface area contributed by atoms with Gasteiger partial charge >= 0.3 is 0 Å². The maximum atomic E-state index is 11.3. The summed E-state index contributed by atoms with van der Waals surface area (Å²) in [6.45, 7) is 0. The molecule has 0 saturated heterocycles. The van der Waals surface area contributed by atoms with Gasteiger partial charge in [0.25, 0.3) is 0 Å². The first kappa shape index (κ1) is 12.0. The molecule has 1 amide bonds. The summed E-state index contributed by atoms with van der Waals surface area (Å²) in [5, 5.41) is 2.96. The van der Waals surface area contributed by atoms with Crippen LogP contribution in [-0.4, -0.2) is 5.91 Å². The lowest BCUT2D eigenvalue weighted by atomic mass is 9.84. The molecule has 0 radical (unpaired) electrons. The normalized spacial score (nSPS) is 21.5. The molecule has 1 unspecified atom stereocenters. The molecule has 3 heteroatoms. The Balaban J connectivity index is 1.80. The van der Waals surface area contributed by atoms with Gasteiger partial charge in [0, 0.05) is 5.69 Å². The van der Waals surface area contributed by atoms with Crippen molar-refractivity contribution in [3.8, 4) is 0 Å². The molecule has 1 heterocycles. The summed E-state index contributed by atoms with van der Waals surface area (Å²) < 4.78 is 0. The molecule has 0 spiro atoms. The summed E-state index contributed by atoms with van der Waals surface area (Å²) in [4.78, 5) is 11.3. The van der Waals surface area contributed by atoms with Gasteiger partial charge in [-0.25, -0.2) is 0 Å². The Hall–Kier alpha value is -1.02. The number of benzene rings is 1. The molecule has 2 aliphatic rings. The fourth-order valence-corrected chi connectivity index (χ4v) is 3.51.